The van der Waals surface area contributed by atoms with Crippen LogP contribution in [0.1, 0.15) is 65.1 Å². The molecule has 0 radical (unpaired) electrons. The molecule has 0 N–H and O–H groups in total. The highest BCUT2D eigenvalue weighted by Crippen LogP contribution is 2.45. The molecule has 0 aromatic heterocycles. The number of halogens is 4. The van der Waals surface area contributed by atoms with Crippen molar-refractivity contribution < 1.29 is 31.9 Å². The normalized spacial score (nSPS) is 22.3. The number of carbonyl (C=O) groups excluding carboxylic acids is 2. The highest BCUT2D eigenvalue weighted by atomic mass is 19.4. The molecule has 2 atom stereocenters. The molecule has 3 aliphatic rings. The summed E-state index contributed by atoms with van der Waals surface area (Å²) in [6.45, 7) is 0.204. The Hall–Kier alpha value is -3.68. The van der Waals surface area contributed by atoms with Crippen LogP contribution < -0.4 is 0 Å². The molecule has 2 bridgehead atoms. The Morgan fingerprint density at radius 3 is 2.03 bits per heavy atom. The topological polar surface area (TPSA) is 46.6 Å². The van der Waals surface area contributed by atoms with Crippen LogP contribution in [0.25, 0.3) is 11.1 Å². The summed E-state index contributed by atoms with van der Waals surface area (Å²) in [5.74, 6) is -2.39. The van der Waals surface area contributed by atoms with Crippen molar-refractivity contribution in [3.63, 3.8) is 0 Å². The molecule has 2 heterocycles. The second kappa shape index (κ2) is 9.81. The smallest absolute Gasteiger partial charge is 0.419 e. The van der Waals surface area contributed by atoms with E-state index in [9.17, 15) is 27.2 Å². The van der Waals surface area contributed by atoms with Crippen LogP contribution in [0.15, 0.2) is 66.7 Å². The zero-order valence-electron chi connectivity index (χ0n) is 21.1. The van der Waals surface area contributed by atoms with Crippen molar-refractivity contribution in [3.8, 4) is 11.1 Å². The average Bonchev–Trinajstić information content (AvgIpc) is 3.23. The molecular weight excluding hydrogens is 510 g/mol. The van der Waals surface area contributed by atoms with Gasteiger partial charge in [-0.3, -0.25) is 4.79 Å². The molecule has 2 fully saturated rings. The summed E-state index contributed by atoms with van der Waals surface area (Å²) in [4.78, 5) is 28.3. The third-order valence-electron chi connectivity index (χ3n) is 8.45. The molecule has 6 rings (SSSR count). The highest BCUT2D eigenvalue weighted by molar-refractivity contribution is 5.98. The number of nitrogens with zero attached hydrogens (tertiary/aromatic N) is 1. The first-order valence-electron chi connectivity index (χ1n) is 13.3. The second-order valence-electron chi connectivity index (χ2n) is 10.7. The van der Waals surface area contributed by atoms with E-state index in [2.05, 4.69) is 24.3 Å². The largest absolute Gasteiger partial charge is 0.448 e. The fourth-order valence-corrected chi connectivity index (χ4v) is 6.70. The Morgan fingerprint density at radius 1 is 0.872 bits per heavy atom. The zero-order chi connectivity index (χ0) is 27.3. The van der Waals surface area contributed by atoms with Crippen molar-refractivity contribution in [2.24, 2.45) is 5.92 Å². The van der Waals surface area contributed by atoms with Crippen LogP contribution in [0.4, 0.5) is 22.4 Å². The van der Waals surface area contributed by atoms with Gasteiger partial charge in [-0.25, -0.2) is 9.18 Å². The number of carbonyl (C=O) groups is 2. The van der Waals surface area contributed by atoms with Crippen molar-refractivity contribution in [1.82, 2.24) is 4.90 Å². The van der Waals surface area contributed by atoms with E-state index in [4.69, 9.17) is 4.74 Å². The molecule has 2 saturated heterocycles. The van der Waals surface area contributed by atoms with Crippen molar-refractivity contribution in [3.05, 3.63) is 94.8 Å². The van der Waals surface area contributed by atoms with Gasteiger partial charge >= 0.3 is 12.3 Å². The van der Waals surface area contributed by atoms with E-state index >= 15 is 0 Å². The highest BCUT2D eigenvalue weighted by Gasteiger charge is 2.44. The molecule has 1 amide bonds. The number of piperidine rings is 2. The Balaban J connectivity index is 1.15. The number of fused-ring (bicyclic) bond motifs is 5. The molecule has 39 heavy (non-hydrogen) atoms. The number of amides is 1. The lowest BCUT2D eigenvalue weighted by atomic mass is 9.76. The van der Waals surface area contributed by atoms with E-state index < -0.39 is 29.6 Å². The van der Waals surface area contributed by atoms with E-state index in [1.165, 1.54) is 0 Å². The minimum atomic E-state index is -4.82. The molecule has 1 aliphatic carbocycles. The van der Waals surface area contributed by atoms with Gasteiger partial charge in [-0.1, -0.05) is 54.6 Å². The van der Waals surface area contributed by atoms with Crippen LogP contribution in [0.3, 0.4) is 0 Å². The van der Waals surface area contributed by atoms with Crippen LogP contribution >= 0.6 is 0 Å². The van der Waals surface area contributed by atoms with Gasteiger partial charge in [0.05, 0.1) is 5.56 Å². The molecular formula is C31H27F4NO3. The molecule has 3 aromatic carbocycles. The Labute approximate surface area is 223 Å². The van der Waals surface area contributed by atoms with Crippen LogP contribution in [-0.4, -0.2) is 35.5 Å². The first-order valence-corrected chi connectivity index (χ1v) is 13.3. The van der Waals surface area contributed by atoms with Gasteiger partial charge in [-0.05, 0) is 66.5 Å². The summed E-state index contributed by atoms with van der Waals surface area (Å²) >= 11 is 0. The van der Waals surface area contributed by atoms with E-state index in [-0.39, 0.29) is 36.0 Å². The van der Waals surface area contributed by atoms with Gasteiger partial charge in [-0.15, -0.1) is 0 Å². The summed E-state index contributed by atoms with van der Waals surface area (Å²) in [7, 11) is 0. The Kier molecular flexibility index (Phi) is 6.44. The summed E-state index contributed by atoms with van der Waals surface area (Å²) in [6.07, 6.45) is -2.13. The number of benzene rings is 3. The van der Waals surface area contributed by atoms with Crippen LogP contribution in [0, 0.1) is 11.7 Å². The molecule has 8 heteroatoms. The summed E-state index contributed by atoms with van der Waals surface area (Å²) in [5, 5.41) is 0. The summed E-state index contributed by atoms with van der Waals surface area (Å²) in [5.41, 5.74) is 3.08. The molecule has 0 saturated carbocycles. The molecule has 3 aromatic rings. The molecule has 202 valence electrons. The average molecular weight is 538 g/mol. The summed E-state index contributed by atoms with van der Waals surface area (Å²) < 4.78 is 58.9. The maximum Gasteiger partial charge on any atom is 0.419 e. The standard InChI is InChI=1S/C31H27F4NO3/c32-28-16-18(12-13-27(28)31(33,34)35)29(37)19-14-20-6-5-7-21(15-19)36(20)30(38)39-17-26-24-10-3-1-8-22(24)23-9-2-4-11-25(23)26/h1-4,8-13,16,19-21,26H,5-7,14-15,17H2. The first-order chi connectivity index (χ1) is 18.7. The zero-order valence-corrected chi connectivity index (χ0v) is 21.1. The molecule has 0 spiro atoms. The maximum atomic E-state index is 14.1. The monoisotopic (exact) mass is 537 g/mol. The number of rotatable bonds is 4. The van der Waals surface area contributed by atoms with E-state index in [0.717, 1.165) is 34.7 Å². The number of hydrogen-bond acceptors (Lipinski definition) is 3. The van der Waals surface area contributed by atoms with E-state index in [0.29, 0.717) is 37.8 Å². The number of Topliss-reactive ketones (excluding diaryl/α,β-unsaturated/α-hetero) is 1. The van der Waals surface area contributed by atoms with Gasteiger partial charge in [-0.2, -0.15) is 13.2 Å². The lowest BCUT2D eigenvalue weighted by Gasteiger charge is -2.47. The van der Waals surface area contributed by atoms with Gasteiger partial charge in [0.1, 0.15) is 12.4 Å². The Bertz CT molecular complexity index is 1380. The third-order valence-corrected chi connectivity index (χ3v) is 8.45. The van der Waals surface area contributed by atoms with Crippen molar-refractivity contribution in [2.75, 3.05) is 6.61 Å². The lowest BCUT2D eigenvalue weighted by Crippen LogP contribution is -2.55. The first kappa shape index (κ1) is 25.6. The Morgan fingerprint density at radius 2 is 1.46 bits per heavy atom. The van der Waals surface area contributed by atoms with Crippen molar-refractivity contribution in [1.29, 1.82) is 0 Å². The van der Waals surface area contributed by atoms with Gasteiger partial charge in [0.25, 0.3) is 0 Å². The number of ketones is 1. The minimum absolute atomic E-state index is 0.0603. The van der Waals surface area contributed by atoms with Gasteiger partial charge < -0.3 is 9.64 Å². The third kappa shape index (κ3) is 4.60. The maximum absolute atomic E-state index is 14.1. The van der Waals surface area contributed by atoms with E-state index in [1.54, 1.807) is 4.90 Å². The van der Waals surface area contributed by atoms with Crippen LogP contribution in [-0.2, 0) is 10.9 Å². The lowest BCUT2D eigenvalue weighted by molar-refractivity contribution is -0.140. The fraction of sp³-hybridized carbons (Fsp3) is 0.355. The predicted octanol–water partition coefficient (Wildman–Crippen LogP) is 7.61. The SMILES string of the molecule is O=C(c1ccc(C(F)(F)F)c(F)c1)C1CC2CCCC(C1)N2C(=O)OCC1c2ccccc2-c2ccccc21. The van der Waals surface area contributed by atoms with Crippen molar-refractivity contribution >= 4 is 11.9 Å². The van der Waals surface area contributed by atoms with Gasteiger partial charge in [0, 0.05) is 29.5 Å². The second-order valence-corrected chi connectivity index (χ2v) is 10.7. The van der Waals surface area contributed by atoms with Gasteiger partial charge in [0.15, 0.2) is 5.78 Å². The number of hydrogen-bond donors (Lipinski definition) is 0. The predicted molar refractivity (Wildman–Crippen MR) is 137 cm³/mol. The molecule has 4 nitrogen and oxygen atoms in total. The molecule has 2 unspecified atom stereocenters. The number of alkyl halides is 3. The van der Waals surface area contributed by atoms with Crippen LogP contribution in [0.2, 0.25) is 0 Å². The van der Waals surface area contributed by atoms with Crippen molar-refractivity contribution in [2.45, 2.75) is 56.3 Å². The molecule has 2 aliphatic heterocycles. The van der Waals surface area contributed by atoms with Crippen LogP contribution in [0.5, 0.6) is 0 Å². The quantitative estimate of drug-likeness (QED) is 0.254. The minimum Gasteiger partial charge on any atom is -0.448 e. The number of ether oxygens (including phenoxy) is 1. The summed E-state index contributed by atoms with van der Waals surface area (Å²) in [6, 6.07) is 18.1. The fourth-order valence-electron chi connectivity index (χ4n) is 6.70. The van der Waals surface area contributed by atoms with E-state index in [1.807, 2.05) is 24.3 Å². The van der Waals surface area contributed by atoms with Gasteiger partial charge in [0.2, 0.25) is 0 Å².